The van der Waals surface area contributed by atoms with Crippen LogP contribution < -0.4 is 5.32 Å². The SMILES string of the molecule is CC(C)(C(=O)O)n1cc(NC(=O)Cc2ccc(Cl)c(Cl)c2)cn1. The van der Waals surface area contributed by atoms with Crippen LogP contribution in [0.5, 0.6) is 0 Å². The number of aliphatic carboxylic acids is 1. The van der Waals surface area contributed by atoms with Crippen molar-refractivity contribution in [3.05, 3.63) is 46.2 Å². The second-order valence-corrected chi connectivity index (χ2v) is 6.33. The molecule has 23 heavy (non-hydrogen) atoms. The Morgan fingerprint density at radius 2 is 2.00 bits per heavy atom. The number of carboxylic acid groups (broad SMARTS) is 1. The Kier molecular flexibility index (Phi) is 4.97. The molecule has 0 fully saturated rings. The highest BCUT2D eigenvalue weighted by Crippen LogP contribution is 2.23. The number of benzene rings is 1. The van der Waals surface area contributed by atoms with Crippen LogP contribution in [-0.2, 0) is 21.5 Å². The van der Waals surface area contributed by atoms with Crippen LogP contribution in [0.3, 0.4) is 0 Å². The molecule has 0 saturated heterocycles. The van der Waals surface area contributed by atoms with Crippen molar-refractivity contribution in [3.63, 3.8) is 0 Å². The molecule has 122 valence electrons. The van der Waals surface area contributed by atoms with Crippen molar-refractivity contribution in [1.29, 1.82) is 0 Å². The molecule has 0 aliphatic rings. The fraction of sp³-hybridized carbons (Fsp3) is 0.267. The van der Waals surface area contributed by atoms with E-state index in [-0.39, 0.29) is 12.3 Å². The van der Waals surface area contributed by atoms with Crippen LogP contribution in [0.15, 0.2) is 30.6 Å². The first-order chi connectivity index (χ1) is 10.7. The molecule has 1 amide bonds. The molecule has 6 nitrogen and oxygen atoms in total. The van der Waals surface area contributed by atoms with Gasteiger partial charge in [0, 0.05) is 6.20 Å². The first kappa shape index (κ1) is 17.3. The van der Waals surface area contributed by atoms with Gasteiger partial charge in [-0.25, -0.2) is 4.79 Å². The summed E-state index contributed by atoms with van der Waals surface area (Å²) in [5.41, 5.74) is -0.0632. The zero-order valence-electron chi connectivity index (χ0n) is 12.5. The molecular formula is C15H15Cl2N3O3. The van der Waals surface area contributed by atoms with Gasteiger partial charge in [0.1, 0.15) is 0 Å². The Morgan fingerprint density at radius 1 is 1.30 bits per heavy atom. The minimum Gasteiger partial charge on any atom is -0.479 e. The number of nitrogens with one attached hydrogen (secondary N) is 1. The maximum Gasteiger partial charge on any atom is 0.331 e. The molecule has 0 spiro atoms. The summed E-state index contributed by atoms with van der Waals surface area (Å²) in [7, 11) is 0. The largest absolute Gasteiger partial charge is 0.479 e. The van der Waals surface area contributed by atoms with Gasteiger partial charge in [0.15, 0.2) is 5.54 Å². The minimum absolute atomic E-state index is 0.115. The number of hydrogen-bond donors (Lipinski definition) is 2. The zero-order chi connectivity index (χ0) is 17.2. The number of carbonyl (C=O) groups excluding carboxylic acids is 1. The highest BCUT2D eigenvalue weighted by atomic mass is 35.5. The van der Waals surface area contributed by atoms with Crippen LogP contribution in [0.1, 0.15) is 19.4 Å². The molecule has 2 N–H and O–H groups in total. The van der Waals surface area contributed by atoms with Gasteiger partial charge in [-0.15, -0.1) is 0 Å². The molecular weight excluding hydrogens is 341 g/mol. The average Bonchev–Trinajstić information content (AvgIpc) is 2.91. The van der Waals surface area contributed by atoms with Crippen molar-refractivity contribution in [3.8, 4) is 0 Å². The molecule has 1 aromatic carbocycles. The molecule has 0 saturated carbocycles. The summed E-state index contributed by atoms with van der Waals surface area (Å²) < 4.78 is 1.28. The smallest absolute Gasteiger partial charge is 0.331 e. The van der Waals surface area contributed by atoms with E-state index in [0.717, 1.165) is 5.56 Å². The second kappa shape index (κ2) is 6.60. The number of carbonyl (C=O) groups is 2. The normalized spacial score (nSPS) is 11.3. The van der Waals surface area contributed by atoms with Crippen molar-refractivity contribution in [2.45, 2.75) is 25.8 Å². The van der Waals surface area contributed by atoms with Crippen LogP contribution in [0.2, 0.25) is 10.0 Å². The lowest BCUT2D eigenvalue weighted by molar-refractivity contribution is -0.146. The number of halogens is 2. The van der Waals surface area contributed by atoms with Crippen LogP contribution in [0.25, 0.3) is 0 Å². The van der Waals surface area contributed by atoms with E-state index in [1.165, 1.54) is 30.9 Å². The molecule has 0 radical (unpaired) electrons. The number of hydrogen-bond acceptors (Lipinski definition) is 3. The van der Waals surface area contributed by atoms with Gasteiger partial charge in [0.05, 0.1) is 28.4 Å². The van der Waals surface area contributed by atoms with Gasteiger partial charge >= 0.3 is 5.97 Å². The van der Waals surface area contributed by atoms with Gasteiger partial charge < -0.3 is 10.4 Å². The van der Waals surface area contributed by atoms with E-state index in [1.807, 2.05) is 0 Å². The Balaban J connectivity index is 2.05. The molecule has 0 bridgehead atoms. The van der Waals surface area contributed by atoms with Crippen molar-refractivity contribution < 1.29 is 14.7 Å². The number of rotatable bonds is 5. The Hall–Kier alpha value is -2.05. The van der Waals surface area contributed by atoms with Gasteiger partial charge in [0.25, 0.3) is 0 Å². The van der Waals surface area contributed by atoms with E-state index in [0.29, 0.717) is 15.7 Å². The van der Waals surface area contributed by atoms with Crippen molar-refractivity contribution in [1.82, 2.24) is 9.78 Å². The van der Waals surface area contributed by atoms with Gasteiger partial charge in [-0.3, -0.25) is 9.48 Å². The van der Waals surface area contributed by atoms with Gasteiger partial charge in [-0.2, -0.15) is 5.10 Å². The van der Waals surface area contributed by atoms with Gasteiger partial charge in [-0.1, -0.05) is 29.3 Å². The van der Waals surface area contributed by atoms with E-state index in [2.05, 4.69) is 10.4 Å². The molecule has 0 aliphatic heterocycles. The predicted molar refractivity (Wildman–Crippen MR) is 88.0 cm³/mol. The topological polar surface area (TPSA) is 84.2 Å². The monoisotopic (exact) mass is 355 g/mol. The lowest BCUT2D eigenvalue weighted by Crippen LogP contribution is -2.35. The summed E-state index contributed by atoms with van der Waals surface area (Å²) in [4.78, 5) is 23.2. The Labute approximate surface area is 143 Å². The molecule has 2 aromatic rings. The standard InChI is InChI=1S/C15H15Cl2N3O3/c1-15(2,14(22)23)20-8-10(7-18-20)19-13(21)6-9-3-4-11(16)12(17)5-9/h3-5,7-8H,6H2,1-2H3,(H,19,21)(H,22,23). The first-order valence-electron chi connectivity index (χ1n) is 6.72. The highest BCUT2D eigenvalue weighted by molar-refractivity contribution is 6.42. The molecule has 0 aliphatic carbocycles. The maximum absolute atomic E-state index is 12.0. The summed E-state index contributed by atoms with van der Waals surface area (Å²) >= 11 is 11.7. The summed E-state index contributed by atoms with van der Waals surface area (Å²) in [5.74, 6) is -1.29. The first-order valence-corrected chi connectivity index (χ1v) is 7.48. The lowest BCUT2D eigenvalue weighted by Gasteiger charge is -2.19. The molecule has 0 atom stereocenters. The van der Waals surface area contributed by atoms with E-state index in [4.69, 9.17) is 28.3 Å². The fourth-order valence-electron chi connectivity index (χ4n) is 1.83. The van der Waals surface area contributed by atoms with E-state index in [9.17, 15) is 9.59 Å². The molecule has 0 unspecified atom stereocenters. The van der Waals surface area contributed by atoms with Gasteiger partial charge in [-0.05, 0) is 31.5 Å². The molecule has 8 heteroatoms. The highest BCUT2D eigenvalue weighted by Gasteiger charge is 2.30. The number of aromatic nitrogens is 2. The summed E-state index contributed by atoms with van der Waals surface area (Å²) in [6, 6.07) is 4.96. The summed E-state index contributed by atoms with van der Waals surface area (Å²) in [6.07, 6.45) is 2.99. The summed E-state index contributed by atoms with van der Waals surface area (Å²) in [5, 5.41) is 16.6. The number of amides is 1. The third-order valence-electron chi connectivity index (χ3n) is 3.31. The van der Waals surface area contributed by atoms with E-state index >= 15 is 0 Å². The average molecular weight is 356 g/mol. The van der Waals surface area contributed by atoms with E-state index in [1.54, 1.807) is 18.2 Å². The second-order valence-electron chi connectivity index (χ2n) is 5.51. The Bertz CT molecular complexity index is 756. The molecule has 2 rings (SSSR count). The zero-order valence-corrected chi connectivity index (χ0v) is 14.0. The van der Waals surface area contributed by atoms with Crippen LogP contribution in [0.4, 0.5) is 5.69 Å². The van der Waals surface area contributed by atoms with Crippen molar-refractivity contribution >= 4 is 40.8 Å². The summed E-state index contributed by atoms with van der Waals surface area (Å²) in [6.45, 7) is 3.04. The minimum atomic E-state index is -1.20. The van der Waals surface area contributed by atoms with Crippen LogP contribution >= 0.6 is 23.2 Å². The molecule has 1 aromatic heterocycles. The molecule has 1 heterocycles. The number of carboxylic acids is 1. The third kappa shape index (κ3) is 4.03. The fourth-order valence-corrected chi connectivity index (χ4v) is 2.15. The van der Waals surface area contributed by atoms with Crippen LogP contribution in [-0.4, -0.2) is 26.8 Å². The van der Waals surface area contributed by atoms with Crippen LogP contribution in [0, 0.1) is 0 Å². The quantitative estimate of drug-likeness (QED) is 0.862. The van der Waals surface area contributed by atoms with Gasteiger partial charge in [0.2, 0.25) is 5.91 Å². The maximum atomic E-state index is 12.0. The van der Waals surface area contributed by atoms with Crippen molar-refractivity contribution in [2.24, 2.45) is 0 Å². The lowest BCUT2D eigenvalue weighted by atomic mass is 10.1. The number of nitrogens with zero attached hydrogens (tertiary/aromatic N) is 2. The predicted octanol–water partition coefficient (Wildman–Crippen LogP) is 3.19. The third-order valence-corrected chi connectivity index (χ3v) is 4.05. The van der Waals surface area contributed by atoms with Crippen molar-refractivity contribution in [2.75, 3.05) is 5.32 Å². The van der Waals surface area contributed by atoms with E-state index < -0.39 is 11.5 Å². The number of anilines is 1. The Morgan fingerprint density at radius 3 is 2.61 bits per heavy atom.